The van der Waals surface area contributed by atoms with E-state index in [1.807, 2.05) is 11.8 Å². The Balaban J connectivity index is 1.81. The lowest BCUT2D eigenvalue weighted by Gasteiger charge is -2.34. The van der Waals surface area contributed by atoms with Crippen molar-refractivity contribution in [1.82, 2.24) is 20.9 Å². The maximum absolute atomic E-state index is 12.6. The summed E-state index contributed by atoms with van der Waals surface area (Å²) in [5.41, 5.74) is 0.127. The van der Waals surface area contributed by atoms with Crippen LogP contribution in [0.1, 0.15) is 29.8 Å². The van der Waals surface area contributed by atoms with E-state index in [1.54, 1.807) is 31.2 Å². The van der Waals surface area contributed by atoms with Crippen LogP contribution in [0.3, 0.4) is 0 Å². The van der Waals surface area contributed by atoms with Gasteiger partial charge in [-0.05, 0) is 31.5 Å². The van der Waals surface area contributed by atoms with Gasteiger partial charge in [-0.2, -0.15) is 0 Å². The largest absolute Gasteiger partial charge is 0.333 e. The van der Waals surface area contributed by atoms with Crippen LogP contribution in [0.4, 0.5) is 4.79 Å². The second-order valence-corrected chi connectivity index (χ2v) is 6.16. The number of carbonyl (C=O) groups excluding carboxylic acids is 3. The molecule has 4 amide bonds. The van der Waals surface area contributed by atoms with Crippen molar-refractivity contribution in [2.24, 2.45) is 0 Å². The fourth-order valence-electron chi connectivity index (χ4n) is 3.00. The molecule has 3 N–H and O–H groups in total. The summed E-state index contributed by atoms with van der Waals surface area (Å²) in [4.78, 5) is 37.7. The number of carbonyl (C=O) groups is 3. The van der Waals surface area contributed by atoms with Gasteiger partial charge in [0.25, 0.3) is 11.8 Å². The number of piperazine rings is 1. The maximum atomic E-state index is 12.6. The van der Waals surface area contributed by atoms with Crippen molar-refractivity contribution in [3.05, 3.63) is 35.4 Å². The van der Waals surface area contributed by atoms with E-state index in [1.165, 1.54) is 0 Å². The molecule has 0 aliphatic carbocycles. The molecule has 122 valence electrons. The van der Waals surface area contributed by atoms with Gasteiger partial charge in [0.1, 0.15) is 5.54 Å². The smallest absolute Gasteiger partial charge is 0.322 e. The standard InChI is InChI=1S/C16H20N4O3/c1-10-9-17-7-8-20(10)13(21)11-3-5-12(6-4-11)16(2)14(22)18-15(23)19-16/h3-6,10,17H,7-9H2,1-2H3,(H2,18,19,22,23)/t10-,16?/m0/s1. The summed E-state index contributed by atoms with van der Waals surface area (Å²) in [5.74, 6) is -0.409. The van der Waals surface area contributed by atoms with Crippen molar-refractivity contribution in [1.29, 1.82) is 0 Å². The molecule has 1 aromatic rings. The Bertz CT molecular complexity index is 658. The molecule has 0 spiro atoms. The summed E-state index contributed by atoms with van der Waals surface area (Å²) in [7, 11) is 0. The number of urea groups is 1. The highest BCUT2D eigenvalue weighted by molar-refractivity contribution is 6.07. The summed E-state index contributed by atoms with van der Waals surface area (Å²) >= 11 is 0. The minimum Gasteiger partial charge on any atom is -0.333 e. The van der Waals surface area contributed by atoms with Crippen LogP contribution < -0.4 is 16.0 Å². The number of nitrogens with one attached hydrogen (secondary N) is 3. The molecule has 2 heterocycles. The van der Waals surface area contributed by atoms with E-state index in [-0.39, 0.29) is 11.9 Å². The SMILES string of the molecule is C[C@H]1CNCCN1C(=O)c1ccc(C2(C)NC(=O)NC2=O)cc1. The van der Waals surface area contributed by atoms with Crippen LogP contribution in [0.25, 0.3) is 0 Å². The van der Waals surface area contributed by atoms with E-state index >= 15 is 0 Å². The first-order chi connectivity index (χ1) is 10.9. The number of benzene rings is 1. The third-order valence-electron chi connectivity index (χ3n) is 4.52. The van der Waals surface area contributed by atoms with Gasteiger partial charge < -0.3 is 15.5 Å². The summed E-state index contributed by atoms with van der Waals surface area (Å²) in [5, 5.41) is 8.09. The highest BCUT2D eigenvalue weighted by Crippen LogP contribution is 2.25. The molecule has 7 nitrogen and oxygen atoms in total. The number of imide groups is 1. The van der Waals surface area contributed by atoms with Gasteiger partial charge in [0, 0.05) is 31.2 Å². The minimum absolute atomic E-state index is 0.0180. The van der Waals surface area contributed by atoms with Crippen LogP contribution >= 0.6 is 0 Å². The predicted octanol–water partition coefficient (Wildman–Crippen LogP) is 0.175. The van der Waals surface area contributed by atoms with Gasteiger partial charge in [0.05, 0.1) is 0 Å². The normalized spacial score (nSPS) is 27.6. The van der Waals surface area contributed by atoms with Crippen molar-refractivity contribution < 1.29 is 14.4 Å². The van der Waals surface area contributed by atoms with Gasteiger partial charge >= 0.3 is 6.03 Å². The molecule has 2 fully saturated rings. The number of hydrogen-bond donors (Lipinski definition) is 3. The van der Waals surface area contributed by atoms with Crippen LogP contribution in [-0.2, 0) is 10.3 Å². The van der Waals surface area contributed by atoms with E-state index < -0.39 is 17.5 Å². The molecule has 7 heteroatoms. The molecule has 0 saturated carbocycles. The van der Waals surface area contributed by atoms with Crippen molar-refractivity contribution in [2.75, 3.05) is 19.6 Å². The topological polar surface area (TPSA) is 90.5 Å². The van der Waals surface area contributed by atoms with Crippen molar-refractivity contribution in [3.63, 3.8) is 0 Å². The van der Waals surface area contributed by atoms with Crippen LogP contribution in [0.2, 0.25) is 0 Å². The summed E-state index contributed by atoms with van der Waals surface area (Å²) in [6.45, 7) is 5.91. The molecule has 2 saturated heterocycles. The Morgan fingerprint density at radius 3 is 2.52 bits per heavy atom. The molecule has 0 aromatic heterocycles. The summed E-state index contributed by atoms with van der Waals surface area (Å²) < 4.78 is 0. The number of rotatable bonds is 2. The highest BCUT2D eigenvalue weighted by atomic mass is 16.2. The molecule has 2 aliphatic rings. The molecule has 1 aromatic carbocycles. The molecule has 1 unspecified atom stereocenters. The Hall–Kier alpha value is -2.41. The predicted molar refractivity (Wildman–Crippen MR) is 83.8 cm³/mol. The van der Waals surface area contributed by atoms with Gasteiger partial charge in [0.15, 0.2) is 0 Å². The summed E-state index contributed by atoms with van der Waals surface area (Å²) in [6, 6.07) is 6.47. The van der Waals surface area contributed by atoms with E-state index in [2.05, 4.69) is 16.0 Å². The Kier molecular flexibility index (Phi) is 3.81. The zero-order valence-electron chi connectivity index (χ0n) is 13.2. The zero-order chi connectivity index (χ0) is 16.6. The lowest BCUT2D eigenvalue weighted by Crippen LogP contribution is -2.52. The first-order valence-corrected chi connectivity index (χ1v) is 7.67. The average Bonchev–Trinajstić information content (AvgIpc) is 2.81. The molecule has 2 atom stereocenters. The van der Waals surface area contributed by atoms with Crippen LogP contribution in [0.5, 0.6) is 0 Å². The first-order valence-electron chi connectivity index (χ1n) is 7.67. The van der Waals surface area contributed by atoms with Gasteiger partial charge in [-0.1, -0.05) is 12.1 Å². The molecule has 3 rings (SSSR count). The van der Waals surface area contributed by atoms with Crippen molar-refractivity contribution in [3.8, 4) is 0 Å². The molecule has 23 heavy (non-hydrogen) atoms. The van der Waals surface area contributed by atoms with E-state index in [0.29, 0.717) is 17.7 Å². The van der Waals surface area contributed by atoms with Crippen LogP contribution in [0, 0.1) is 0 Å². The van der Waals surface area contributed by atoms with Crippen LogP contribution in [0.15, 0.2) is 24.3 Å². The Labute approximate surface area is 134 Å². The molecular weight excluding hydrogens is 296 g/mol. The van der Waals surface area contributed by atoms with Crippen LogP contribution in [-0.4, -0.2) is 48.4 Å². The maximum Gasteiger partial charge on any atom is 0.322 e. The van der Waals surface area contributed by atoms with Crippen molar-refractivity contribution in [2.45, 2.75) is 25.4 Å². The molecular formula is C16H20N4O3. The van der Waals surface area contributed by atoms with Gasteiger partial charge in [0.2, 0.25) is 0 Å². The number of amides is 4. The first kappa shape index (κ1) is 15.5. The van der Waals surface area contributed by atoms with Gasteiger partial charge in [-0.15, -0.1) is 0 Å². The quantitative estimate of drug-likeness (QED) is 0.679. The van der Waals surface area contributed by atoms with E-state index in [4.69, 9.17) is 0 Å². The number of hydrogen-bond acceptors (Lipinski definition) is 4. The van der Waals surface area contributed by atoms with E-state index in [0.717, 1.165) is 13.1 Å². The average molecular weight is 316 g/mol. The minimum atomic E-state index is -1.10. The monoisotopic (exact) mass is 316 g/mol. The summed E-state index contributed by atoms with van der Waals surface area (Å²) in [6.07, 6.45) is 0. The van der Waals surface area contributed by atoms with Gasteiger partial charge in [-0.3, -0.25) is 14.9 Å². The van der Waals surface area contributed by atoms with E-state index in [9.17, 15) is 14.4 Å². The fourth-order valence-corrected chi connectivity index (χ4v) is 3.00. The zero-order valence-corrected chi connectivity index (χ0v) is 13.2. The third-order valence-corrected chi connectivity index (χ3v) is 4.52. The highest BCUT2D eigenvalue weighted by Gasteiger charge is 2.43. The molecule has 2 aliphatic heterocycles. The second kappa shape index (κ2) is 5.66. The number of nitrogens with zero attached hydrogens (tertiary/aromatic N) is 1. The Morgan fingerprint density at radius 1 is 1.26 bits per heavy atom. The molecule has 0 radical (unpaired) electrons. The molecule has 0 bridgehead atoms. The lowest BCUT2D eigenvalue weighted by molar-refractivity contribution is -0.123. The third kappa shape index (κ3) is 2.68. The van der Waals surface area contributed by atoms with Crippen molar-refractivity contribution >= 4 is 17.8 Å². The second-order valence-electron chi connectivity index (χ2n) is 6.16. The van der Waals surface area contributed by atoms with Gasteiger partial charge in [-0.25, -0.2) is 4.79 Å². The fraction of sp³-hybridized carbons (Fsp3) is 0.438. The Morgan fingerprint density at radius 2 is 1.96 bits per heavy atom. The lowest BCUT2D eigenvalue weighted by atomic mass is 9.91.